The van der Waals surface area contributed by atoms with Gasteiger partial charge in [0, 0.05) is 7.05 Å². The lowest BCUT2D eigenvalue weighted by Gasteiger charge is -2.15. The fraction of sp³-hybridized carbons (Fsp3) is 0.200. The molecule has 0 aliphatic carbocycles. The first kappa shape index (κ1) is 16.4. The van der Waals surface area contributed by atoms with Gasteiger partial charge in [-0.15, -0.1) is 5.92 Å². The molecule has 0 radical (unpaired) electrons. The molecule has 0 aliphatic heterocycles. The molecule has 2 aromatic rings. The van der Waals surface area contributed by atoms with Gasteiger partial charge in [-0.1, -0.05) is 17.5 Å². The van der Waals surface area contributed by atoms with Gasteiger partial charge < -0.3 is 4.74 Å². The number of nitrogens with zero attached hydrogens (tertiary/aromatic N) is 3. The van der Waals surface area contributed by atoms with Crippen molar-refractivity contribution in [2.24, 2.45) is 7.05 Å². The predicted octanol–water partition coefficient (Wildman–Crippen LogP) is 3.89. The van der Waals surface area contributed by atoms with Gasteiger partial charge >= 0.3 is 0 Å². The van der Waals surface area contributed by atoms with Crippen molar-refractivity contribution >= 4 is 27.5 Å². The first-order valence-electron chi connectivity index (χ1n) is 6.07. The minimum absolute atomic E-state index is 0.0199. The maximum atomic E-state index is 14.8. The van der Waals surface area contributed by atoms with Crippen molar-refractivity contribution in [1.82, 2.24) is 9.78 Å². The second-order valence-corrected chi connectivity index (χ2v) is 5.47. The van der Waals surface area contributed by atoms with Crippen LogP contribution in [0.5, 0.6) is 5.75 Å². The van der Waals surface area contributed by atoms with Gasteiger partial charge in [-0.05, 0) is 22.9 Å². The van der Waals surface area contributed by atoms with Gasteiger partial charge in [0.15, 0.2) is 11.6 Å². The third-order valence-corrected chi connectivity index (χ3v) is 3.97. The number of hydrogen-bond acceptors (Lipinski definition) is 3. The standard InChI is InChI=1S/C15H10BrClFN3O/c1-4-5-8-12(17)13(18)11(9(6-19)15(8)22-3)14-10(16)7-20-21(14)2/h7H,1-3H3. The lowest BCUT2D eigenvalue weighted by Crippen LogP contribution is -2.04. The molecule has 22 heavy (non-hydrogen) atoms. The first-order chi connectivity index (χ1) is 10.5. The molecule has 0 saturated carbocycles. The minimum Gasteiger partial charge on any atom is -0.494 e. The molecule has 7 heteroatoms. The number of rotatable bonds is 2. The minimum atomic E-state index is -0.735. The molecule has 0 fully saturated rings. The Morgan fingerprint density at radius 2 is 2.14 bits per heavy atom. The fourth-order valence-electron chi connectivity index (χ4n) is 2.13. The summed E-state index contributed by atoms with van der Waals surface area (Å²) in [7, 11) is 3.02. The van der Waals surface area contributed by atoms with Crippen molar-refractivity contribution in [3.8, 4) is 34.9 Å². The molecule has 1 heterocycles. The topological polar surface area (TPSA) is 50.8 Å². The third kappa shape index (κ3) is 2.45. The smallest absolute Gasteiger partial charge is 0.154 e. The fourth-order valence-corrected chi connectivity index (χ4v) is 2.90. The summed E-state index contributed by atoms with van der Waals surface area (Å²) in [5, 5.41) is 13.3. The lowest BCUT2D eigenvalue weighted by atomic mass is 9.99. The Balaban J connectivity index is 3.01. The Bertz CT molecular complexity index is 839. The summed E-state index contributed by atoms with van der Waals surface area (Å²) in [6.07, 6.45) is 1.51. The lowest BCUT2D eigenvalue weighted by molar-refractivity contribution is 0.411. The predicted molar refractivity (Wildman–Crippen MR) is 85.1 cm³/mol. The van der Waals surface area contributed by atoms with Gasteiger partial charge in [0.05, 0.1) is 39.6 Å². The molecule has 0 N–H and O–H groups in total. The summed E-state index contributed by atoms with van der Waals surface area (Å²) >= 11 is 9.40. The molecule has 0 saturated heterocycles. The van der Waals surface area contributed by atoms with Crippen LogP contribution in [0.4, 0.5) is 4.39 Å². The zero-order valence-electron chi connectivity index (χ0n) is 12.0. The van der Waals surface area contributed by atoms with Crippen LogP contribution >= 0.6 is 27.5 Å². The summed E-state index contributed by atoms with van der Waals surface area (Å²) < 4.78 is 22.0. The Morgan fingerprint density at radius 3 is 2.59 bits per heavy atom. The monoisotopic (exact) mass is 381 g/mol. The van der Waals surface area contributed by atoms with Crippen LogP contribution in [0.15, 0.2) is 10.7 Å². The Morgan fingerprint density at radius 1 is 1.45 bits per heavy atom. The van der Waals surface area contributed by atoms with Crippen LogP contribution in [-0.4, -0.2) is 16.9 Å². The highest BCUT2D eigenvalue weighted by atomic mass is 79.9. The molecule has 4 nitrogen and oxygen atoms in total. The molecule has 0 atom stereocenters. The van der Waals surface area contributed by atoms with Crippen LogP contribution in [0.3, 0.4) is 0 Å². The number of hydrogen-bond donors (Lipinski definition) is 0. The van der Waals surface area contributed by atoms with Crippen molar-refractivity contribution < 1.29 is 9.13 Å². The van der Waals surface area contributed by atoms with Crippen LogP contribution in [0.1, 0.15) is 18.1 Å². The van der Waals surface area contributed by atoms with Gasteiger partial charge in [0.2, 0.25) is 0 Å². The van der Waals surface area contributed by atoms with E-state index in [0.29, 0.717) is 10.2 Å². The van der Waals surface area contributed by atoms with E-state index in [0.717, 1.165) is 0 Å². The normalized spacial score (nSPS) is 9.86. The number of ether oxygens (including phenoxy) is 1. The molecule has 0 amide bonds. The molecular formula is C15H10BrClFN3O. The average Bonchev–Trinajstić information content (AvgIpc) is 2.83. The highest BCUT2D eigenvalue weighted by Crippen LogP contribution is 2.42. The molecular weight excluding hydrogens is 373 g/mol. The van der Waals surface area contributed by atoms with E-state index in [9.17, 15) is 9.65 Å². The second-order valence-electron chi connectivity index (χ2n) is 4.24. The Kier molecular flexibility index (Phi) is 4.75. The van der Waals surface area contributed by atoms with Crippen molar-refractivity contribution in [3.05, 3.63) is 32.6 Å². The molecule has 0 bridgehead atoms. The zero-order chi connectivity index (χ0) is 16.4. The van der Waals surface area contributed by atoms with Crippen LogP contribution in [-0.2, 0) is 7.05 Å². The summed E-state index contributed by atoms with van der Waals surface area (Å²) in [4.78, 5) is 0. The summed E-state index contributed by atoms with van der Waals surface area (Å²) in [5.41, 5.74) is 0.595. The molecule has 0 spiro atoms. The average molecular weight is 383 g/mol. The van der Waals surface area contributed by atoms with E-state index in [1.165, 1.54) is 18.0 Å². The molecule has 0 unspecified atom stereocenters. The van der Waals surface area contributed by atoms with Gasteiger partial charge in [-0.25, -0.2) is 4.39 Å². The van der Waals surface area contributed by atoms with E-state index in [2.05, 4.69) is 32.9 Å². The van der Waals surface area contributed by atoms with E-state index in [1.54, 1.807) is 14.0 Å². The van der Waals surface area contributed by atoms with Crippen molar-refractivity contribution in [2.45, 2.75) is 6.92 Å². The molecule has 2 rings (SSSR count). The SMILES string of the molecule is CC#Cc1c(Cl)c(F)c(-c2c(Br)cnn2C)c(C#N)c1OC. The summed E-state index contributed by atoms with van der Waals surface area (Å²) in [6, 6.07) is 1.97. The second kappa shape index (κ2) is 6.39. The number of nitriles is 1. The van der Waals surface area contributed by atoms with Gasteiger partial charge in [0.1, 0.15) is 11.6 Å². The van der Waals surface area contributed by atoms with E-state index in [1.807, 2.05) is 6.07 Å². The molecule has 112 valence electrons. The van der Waals surface area contributed by atoms with E-state index in [-0.39, 0.29) is 27.5 Å². The number of methoxy groups -OCH3 is 1. The van der Waals surface area contributed by atoms with Crippen molar-refractivity contribution in [2.75, 3.05) is 7.11 Å². The van der Waals surface area contributed by atoms with Crippen LogP contribution in [0, 0.1) is 29.0 Å². The quantitative estimate of drug-likeness (QED) is 0.740. The molecule has 1 aromatic carbocycles. The van der Waals surface area contributed by atoms with Crippen LogP contribution in [0.25, 0.3) is 11.3 Å². The van der Waals surface area contributed by atoms with E-state index in [4.69, 9.17) is 16.3 Å². The number of aryl methyl sites for hydroxylation is 1. The van der Waals surface area contributed by atoms with Crippen molar-refractivity contribution in [3.63, 3.8) is 0 Å². The number of aromatic nitrogens is 2. The maximum absolute atomic E-state index is 14.8. The number of benzene rings is 1. The maximum Gasteiger partial charge on any atom is 0.154 e. The highest BCUT2D eigenvalue weighted by Gasteiger charge is 2.27. The highest BCUT2D eigenvalue weighted by molar-refractivity contribution is 9.10. The largest absolute Gasteiger partial charge is 0.494 e. The van der Waals surface area contributed by atoms with Crippen LogP contribution < -0.4 is 4.74 Å². The van der Waals surface area contributed by atoms with E-state index >= 15 is 0 Å². The van der Waals surface area contributed by atoms with Crippen LogP contribution in [0.2, 0.25) is 5.02 Å². The molecule has 1 aromatic heterocycles. The number of halogens is 3. The molecule has 0 aliphatic rings. The summed E-state index contributed by atoms with van der Waals surface area (Å²) in [6.45, 7) is 1.59. The first-order valence-corrected chi connectivity index (χ1v) is 7.24. The van der Waals surface area contributed by atoms with Gasteiger partial charge in [-0.3, -0.25) is 4.68 Å². The van der Waals surface area contributed by atoms with E-state index < -0.39 is 5.82 Å². The zero-order valence-corrected chi connectivity index (χ0v) is 14.3. The third-order valence-electron chi connectivity index (χ3n) is 3.03. The van der Waals surface area contributed by atoms with Gasteiger partial charge in [-0.2, -0.15) is 10.4 Å². The Labute approximate surface area is 140 Å². The Hall–Kier alpha value is -2.02. The van der Waals surface area contributed by atoms with Crippen molar-refractivity contribution in [1.29, 1.82) is 5.26 Å². The summed E-state index contributed by atoms with van der Waals surface area (Å²) in [5.74, 6) is 4.73. The van der Waals surface area contributed by atoms with Gasteiger partial charge in [0.25, 0.3) is 0 Å².